The summed E-state index contributed by atoms with van der Waals surface area (Å²) in [5, 5.41) is 0. The van der Waals surface area contributed by atoms with Crippen molar-refractivity contribution in [3.63, 3.8) is 0 Å². The molecule has 0 unspecified atom stereocenters. The van der Waals surface area contributed by atoms with Crippen LogP contribution < -0.4 is 5.73 Å². The first-order chi connectivity index (χ1) is 5.84. The summed E-state index contributed by atoms with van der Waals surface area (Å²) in [7, 11) is -3.13. The Morgan fingerprint density at radius 3 is 2.15 bits per heavy atom. The number of hydrogen-bond donors (Lipinski definition) is 1. The van der Waals surface area contributed by atoms with Gasteiger partial charge in [-0.2, -0.15) is 0 Å². The van der Waals surface area contributed by atoms with Crippen LogP contribution >= 0.6 is 0 Å². The molecular weight excluding hydrogens is 186 g/mol. The standard InChI is InChI=1S/C9H13NO2S/c1-6-7(2)9(13(3,11)12)5-4-8(6)10/h4-5H,10H2,1-3H3. The van der Waals surface area contributed by atoms with Gasteiger partial charge in [-0.25, -0.2) is 8.42 Å². The highest BCUT2D eigenvalue weighted by Crippen LogP contribution is 2.22. The van der Waals surface area contributed by atoms with Crippen molar-refractivity contribution in [1.29, 1.82) is 0 Å². The molecule has 0 aliphatic rings. The monoisotopic (exact) mass is 199 g/mol. The first kappa shape index (κ1) is 10.1. The molecule has 1 rings (SSSR count). The normalized spacial score (nSPS) is 11.6. The van der Waals surface area contributed by atoms with Crippen LogP contribution in [0.5, 0.6) is 0 Å². The molecule has 72 valence electrons. The van der Waals surface area contributed by atoms with Gasteiger partial charge in [-0.1, -0.05) is 0 Å². The molecule has 3 nitrogen and oxygen atoms in total. The summed E-state index contributed by atoms with van der Waals surface area (Å²) in [6.07, 6.45) is 1.20. The molecule has 0 aliphatic heterocycles. The minimum Gasteiger partial charge on any atom is -0.399 e. The molecule has 2 N–H and O–H groups in total. The summed E-state index contributed by atoms with van der Waals surface area (Å²) in [5.74, 6) is 0. The van der Waals surface area contributed by atoms with Gasteiger partial charge in [0, 0.05) is 11.9 Å². The van der Waals surface area contributed by atoms with Crippen molar-refractivity contribution in [3.8, 4) is 0 Å². The third-order valence-electron chi connectivity index (χ3n) is 2.18. The highest BCUT2D eigenvalue weighted by molar-refractivity contribution is 7.90. The first-order valence-corrected chi connectivity index (χ1v) is 5.79. The van der Waals surface area contributed by atoms with Crippen LogP contribution in [0.2, 0.25) is 0 Å². The van der Waals surface area contributed by atoms with E-state index in [9.17, 15) is 8.42 Å². The van der Waals surface area contributed by atoms with Gasteiger partial charge in [0.05, 0.1) is 4.90 Å². The third kappa shape index (κ3) is 1.83. The number of anilines is 1. The Morgan fingerprint density at radius 2 is 1.69 bits per heavy atom. The molecule has 0 saturated heterocycles. The smallest absolute Gasteiger partial charge is 0.175 e. The Morgan fingerprint density at radius 1 is 1.15 bits per heavy atom. The average molecular weight is 199 g/mol. The maximum Gasteiger partial charge on any atom is 0.175 e. The van der Waals surface area contributed by atoms with Crippen LogP contribution in [-0.4, -0.2) is 14.7 Å². The van der Waals surface area contributed by atoms with Gasteiger partial charge in [-0.15, -0.1) is 0 Å². The van der Waals surface area contributed by atoms with E-state index >= 15 is 0 Å². The van der Waals surface area contributed by atoms with E-state index in [-0.39, 0.29) is 0 Å². The second kappa shape index (κ2) is 3.03. The molecule has 0 aromatic heterocycles. The van der Waals surface area contributed by atoms with Crippen LogP contribution in [0, 0.1) is 13.8 Å². The van der Waals surface area contributed by atoms with Crippen molar-refractivity contribution >= 4 is 15.5 Å². The largest absolute Gasteiger partial charge is 0.399 e. The van der Waals surface area contributed by atoms with E-state index in [1.165, 1.54) is 6.26 Å². The number of hydrogen-bond acceptors (Lipinski definition) is 3. The fourth-order valence-corrected chi connectivity index (χ4v) is 2.24. The molecule has 0 radical (unpaired) electrons. The molecule has 1 aromatic rings. The number of nitrogens with two attached hydrogens (primary N) is 1. The zero-order valence-electron chi connectivity index (χ0n) is 7.96. The van der Waals surface area contributed by atoms with E-state index < -0.39 is 9.84 Å². The fraction of sp³-hybridized carbons (Fsp3) is 0.333. The quantitative estimate of drug-likeness (QED) is 0.693. The number of rotatable bonds is 1. The summed E-state index contributed by atoms with van der Waals surface area (Å²) in [6.45, 7) is 3.58. The Kier molecular flexibility index (Phi) is 2.34. The number of nitrogen functional groups attached to an aromatic ring is 1. The number of sulfone groups is 1. The van der Waals surface area contributed by atoms with Crippen LogP contribution in [0.15, 0.2) is 17.0 Å². The minimum atomic E-state index is -3.13. The highest BCUT2D eigenvalue weighted by Gasteiger charge is 2.12. The Bertz CT molecular complexity index is 435. The molecule has 0 spiro atoms. The van der Waals surface area contributed by atoms with E-state index in [1.54, 1.807) is 19.1 Å². The molecule has 4 heteroatoms. The maximum absolute atomic E-state index is 11.3. The van der Waals surface area contributed by atoms with Crippen molar-refractivity contribution in [2.45, 2.75) is 18.7 Å². The maximum atomic E-state index is 11.3. The van der Waals surface area contributed by atoms with Crippen molar-refractivity contribution < 1.29 is 8.42 Å². The highest BCUT2D eigenvalue weighted by atomic mass is 32.2. The van der Waals surface area contributed by atoms with Gasteiger partial charge in [0.15, 0.2) is 9.84 Å². The second-order valence-corrected chi connectivity index (χ2v) is 5.16. The van der Waals surface area contributed by atoms with E-state index in [0.717, 1.165) is 11.1 Å². The summed E-state index contributed by atoms with van der Waals surface area (Å²) in [6, 6.07) is 3.17. The van der Waals surface area contributed by atoms with E-state index in [1.807, 2.05) is 6.92 Å². The molecule has 13 heavy (non-hydrogen) atoms. The average Bonchev–Trinajstić information content (AvgIpc) is 1.98. The van der Waals surface area contributed by atoms with Crippen molar-refractivity contribution in [3.05, 3.63) is 23.3 Å². The lowest BCUT2D eigenvalue weighted by atomic mass is 10.1. The first-order valence-electron chi connectivity index (χ1n) is 3.90. The Labute approximate surface area is 78.5 Å². The van der Waals surface area contributed by atoms with Gasteiger partial charge in [0.2, 0.25) is 0 Å². The molecule has 0 saturated carbocycles. The summed E-state index contributed by atoms with van der Waals surface area (Å²) < 4.78 is 22.6. The van der Waals surface area contributed by atoms with Gasteiger partial charge in [0.25, 0.3) is 0 Å². The minimum absolute atomic E-state index is 0.360. The molecule has 1 aromatic carbocycles. The van der Waals surface area contributed by atoms with E-state index in [0.29, 0.717) is 10.6 Å². The Balaban J connectivity index is 3.53. The predicted molar refractivity (Wildman–Crippen MR) is 53.4 cm³/mol. The molecule has 0 fully saturated rings. The van der Waals surface area contributed by atoms with Gasteiger partial charge in [0.1, 0.15) is 0 Å². The van der Waals surface area contributed by atoms with Crippen LogP contribution in [0.3, 0.4) is 0 Å². The van der Waals surface area contributed by atoms with Crippen molar-refractivity contribution in [2.75, 3.05) is 12.0 Å². The van der Waals surface area contributed by atoms with Crippen LogP contribution in [0.25, 0.3) is 0 Å². The lowest BCUT2D eigenvalue weighted by molar-refractivity contribution is 0.601. The zero-order valence-corrected chi connectivity index (χ0v) is 8.77. The van der Waals surface area contributed by atoms with E-state index in [4.69, 9.17) is 5.73 Å². The molecule has 0 bridgehead atoms. The van der Waals surface area contributed by atoms with Crippen LogP contribution in [-0.2, 0) is 9.84 Å². The van der Waals surface area contributed by atoms with E-state index in [2.05, 4.69) is 0 Å². The van der Waals surface area contributed by atoms with Gasteiger partial charge in [-0.3, -0.25) is 0 Å². The summed E-state index contributed by atoms with van der Waals surface area (Å²) >= 11 is 0. The Hall–Kier alpha value is -1.03. The van der Waals surface area contributed by atoms with Gasteiger partial charge < -0.3 is 5.73 Å². The third-order valence-corrected chi connectivity index (χ3v) is 3.42. The summed E-state index contributed by atoms with van der Waals surface area (Å²) in [5.41, 5.74) is 7.84. The molecule has 0 heterocycles. The van der Waals surface area contributed by atoms with Gasteiger partial charge >= 0.3 is 0 Å². The summed E-state index contributed by atoms with van der Waals surface area (Å²) in [4.78, 5) is 0.360. The lowest BCUT2D eigenvalue weighted by Gasteiger charge is -2.08. The predicted octanol–water partition coefficient (Wildman–Crippen LogP) is 1.29. The molecule has 0 aliphatic carbocycles. The van der Waals surface area contributed by atoms with Crippen molar-refractivity contribution in [1.82, 2.24) is 0 Å². The van der Waals surface area contributed by atoms with Gasteiger partial charge in [-0.05, 0) is 37.1 Å². The number of benzene rings is 1. The fourth-order valence-electron chi connectivity index (χ4n) is 1.22. The SMILES string of the molecule is Cc1c(N)ccc(S(C)(=O)=O)c1C. The lowest BCUT2D eigenvalue weighted by Crippen LogP contribution is -2.03. The van der Waals surface area contributed by atoms with Crippen molar-refractivity contribution in [2.24, 2.45) is 0 Å². The topological polar surface area (TPSA) is 60.2 Å². The second-order valence-electron chi connectivity index (χ2n) is 3.18. The van der Waals surface area contributed by atoms with Crippen LogP contribution in [0.4, 0.5) is 5.69 Å². The molecule has 0 amide bonds. The molecular formula is C9H13NO2S. The van der Waals surface area contributed by atoms with Crippen LogP contribution in [0.1, 0.15) is 11.1 Å². The molecule has 0 atom stereocenters. The zero-order chi connectivity index (χ0) is 10.2.